The molecule has 0 bridgehead atoms. The molecule has 1 N–H and O–H groups in total. The van der Waals surface area contributed by atoms with Crippen molar-refractivity contribution in [2.24, 2.45) is 0 Å². The summed E-state index contributed by atoms with van der Waals surface area (Å²) in [5, 5.41) is -1.96. The fraction of sp³-hybridized carbons (Fsp3) is 0.750. The molecule has 0 aliphatic rings. The summed E-state index contributed by atoms with van der Waals surface area (Å²) in [6.45, 7) is 3.41. The summed E-state index contributed by atoms with van der Waals surface area (Å²) in [4.78, 5) is 22.6. The zero-order valence-corrected chi connectivity index (χ0v) is 15.3. The molecule has 0 aromatic rings. The minimum atomic E-state index is -4.71. The number of hydrogen-bond donors (Lipinski definition) is 1. The molecule has 0 radical (unpaired) electrons. The predicted octanol–water partition coefficient (Wildman–Crippen LogP) is -1.83. The Morgan fingerprint density at radius 2 is 1.68 bits per heavy atom. The Kier molecular flexibility index (Phi) is 12.9. The maximum absolute atomic E-state index is 11.4. The van der Waals surface area contributed by atoms with Crippen LogP contribution >= 0.6 is 24.1 Å². The summed E-state index contributed by atoms with van der Waals surface area (Å²) in [6.07, 6.45) is -0.783. The first kappa shape index (κ1) is 21.8. The van der Waals surface area contributed by atoms with Crippen LogP contribution in [0.4, 0.5) is 0 Å². The van der Waals surface area contributed by atoms with Gasteiger partial charge in [0.1, 0.15) is 0 Å². The van der Waals surface area contributed by atoms with E-state index in [0.29, 0.717) is 11.5 Å². The number of carbonyl (C=O) groups is 2. The Labute approximate surface area is 144 Å². The standard InChI is InChI=1S/C8H14O7S3.Na.H/c1-3-16-14-7(9)5-6(18(11,12)13)8(10)15-17-4-2;;/h6H,3-5H2,1-2H3,(H,11,12,13);;/q;+1;-1. The summed E-state index contributed by atoms with van der Waals surface area (Å²) in [5.41, 5.74) is 0. The largest absolute Gasteiger partial charge is 1.00 e. The Morgan fingerprint density at radius 1 is 1.21 bits per heavy atom. The molecule has 108 valence electrons. The van der Waals surface area contributed by atoms with E-state index in [1.54, 1.807) is 13.8 Å². The molecule has 0 spiro atoms. The normalized spacial score (nSPS) is 12.2. The van der Waals surface area contributed by atoms with Crippen LogP contribution in [-0.4, -0.2) is 41.7 Å². The van der Waals surface area contributed by atoms with Crippen molar-refractivity contribution < 1.29 is 61.9 Å². The zero-order chi connectivity index (χ0) is 14.2. The molecule has 11 heteroatoms. The van der Waals surface area contributed by atoms with Crippen LogP contribution < -0.4 is 29.6 Å². The molecule has 0 aromatic carbocycles. The monoisotopic (exact) mass is 342 g/mol. The molecule has 0 amide bonds. The van der Waals surface area contributed by atoms with Gasteiger partial charge < -0.3 is 9.79 Å². The first-order valence-corrected chi connectivity index (χ1v) is 8.27. The van der Waals surface area contributed by atoms with Crippen molar-refractivity contribution in [2.75, 3.05) is 11.5 Å². The van der Waals surface area contributed by atoms with Gasteiger partial charge in [-0.1, -0.05) is 13.8 Å². The Morgan fingerprint density at radius 3 is 2.11 bits per heavy atom. The van der Waals surface area contributed by atoms with Crippen molar-refractivity contribution in [1.82, 2.24) is 0 Å². The van der Waals surface area contributed by atoms with Gasteiger partial charge in [-0.15, -0.1) is 0 Å². The van der Waals surface area contributed by atoms with Crippen molar-refractivity contribution in [3.8, 4) is 0 Å². The van der Waals surface area contributed by atoms with E-state index in [1.165, 1.54) is 0 Å². The molecule has 1 atom stereocenters. The Hall–Kier alpha value is 0.550. The predicted molar refractivity (Wildman–Crippen MR) is 69.5 cm³/mol. The van der Waals surface area contributed by atoms with Gasteiger partial charge in [0, 0.05) is 11.5 Å². The third-order valence-electron chi connectivity index (χ3n) is 1.50. The molecule has 0 saturated carbocycles. The van der Waals surface area contributed by atoms with Crippen LogP contribution in [0.5, 0.6) is 0 Å². The quantitative estimate of drug-likeness (QED) is 0.310. The molecule has 0 saturated heterocycles. The van der Waals surface area contributed by atoms with E-state index in [-0.39, 0.29) is 31.0 Å². The summed E-state index contributed by atoms with van der Waals surface area (Å²) < 4.78 is 39.9. The smallest absolute Gasteiger partial charge is 1.00 e. The number of hydrogen-bond acceptors (Lipinski definition) is 8. The van der Waals surface area contributed by atoms with Crippen molar-refractivity contribution >= 4 is 46.1 Å². The molecular formula is C8H15NaO7S3. The van der Waals surface area contributed by atoms with Gasteiger partial charge in [-0.3, -0.25) is 9.35 Å². The second-order valence-corrected chi connectivity index (χ2v) is 6.44. The first-order chi connectivity index (χ1) is 8.32. The molecule has 0 rings (SSSR count). The average molecular weight is 342 g/mol. The molecule has 1 unspecified atom stereocenters. The number of carbonyl (C=O) groups excluding carboxylic acids is 2. The summed E-state index contributed by atoms with van der Waals surface area (Å²) >= 11 is 1.54. The minimum absolute atomic E-state index is 0. The van der Waals surface area contributed by atoms with Gasteiger partial charge in [-0.25, -0.2) is 4.79 Å². The zero-order valence-electron chi connectivity index (χ0n) is 11.8. The summed E-state index contributed by atoms with van der Waals surface area (Å²) in [7, 11) is -4.71. The van der Waals surface area contributed by atoms with Crippen molar-refractivity contribution in [3.63, 3.8) is 0 Å². The van der Waals surface area contributed by atoms with E-state index >= 15 is 0 Å². The molecule has 0 aromatic heterocycles. The van der Waals surface area contributed by atoms with Crippen molar-refractivity contribution in [2.45, 2.75) is 25.5 Å². The third kappa shape index (κ3) is 9.99. The van der Waals surface area contributed by atoms with Crippen LogP contribution in [0.15, 0.2) is 0 Å². The van der Waals surface area contributed by atoms with E-state index in [1.807, 2.05) is 0 Å². The molecule has 19 heavy (non-hydrogen) atoms. The fourth-order valence-electron chi connectivity index (χ4n) is 0.791. The molecule has 7 nitrogen and oxygen atoms in total. The second-order valence-electron chi connectivity index (χ2n) is 2.88. The summed E-state index contributed by atoms with van der Waals surface area (Å²) in [5.74, 6) is -1.20. The van der Waals surface area contributed by atoms with Crippen LogP contribution in [0.3, 0.4) is 0 Å². The molecule has 0 heterocycles. The van der Waals surface area contributed by atoms with E-state index in [0.717, 1.165) is 24.1 Å². The topological polar surface area (TPSA) is 107 Å². The maximum Gasteiger partial charge on any atom is 1.00 e. The van der Waals surface area contributed by atoms with Crippen LogP contribution in [0.25, 0.3) is 0 Å². The molecule has 0 fully saturated rings. The number of rotatable bonds is 8. The minimum Gasteiger partial charge on any atom is -1.00 e. The van der Waals surface area contributed by atoms with Gasteiger partial charge >= 0.3 is 41.5 Å². The van der Waals surface area contributed by atoms with E-state index in [2.05, 4.69) is 8.37 Å². The maximum atomic E-state index is 11.4. The fourth-order valence-corrected chi connectivity index (χ4v) is 2.16. The van der Waals surface area contributed by atoms with Crippen molar-refractivity contribution in [3.05, 3.63) is 0 Å². The molecule has 0 aliphatic heterocycles. The van der Waals surface area contributed by atoms with Gasteiger partial charge in [-0.05, 0) is 0 Å². The van der Waals surface area contributed by atoms with E-state index in [4.69, 9.17) is 4.55 Å². The second kappa shape index (κ2) is 11.2. The van der Waals surface area contributed by atoms with Crippen LogP contribution in [-0.2, 0) is 28.1 Å². The average Bonchev–Trinajstić information content (AvgIpc) is 2.28. The van der Waals surface area contributed by atoms with Gasteiger partial charge in [0.15, 0.2) is 5.25 Å². The summed E-state index contributed by atoms with van der Waals surface area (Å²) in [6, 6.07) is 0. The van der Waals surface area contributed by atoms with E-state index < -0.39 is 33.7 Å². The van der Waals surface area contributed by atoms with Gasteiger partial charge in [-0.2, -0.15) is 8.42 Å². The first-order valence-electron chi connectivity index (χ1n) is 4.94. The van der Waals surface area contributed by atoms with Crippen molar-refractivity contribution in [1.29, 1.82) is 0 Å². The van der Waals surface area contributed by atoms with Gasteiger partial charge in [0.25, 0.3) is 10.1 Å². The van der Waals surface area contributed by atoms with Crippen LogP contribution in [0.1, 0.15) is 21.7 Å². The molecular weight excluding hydrogens is 327 g/mol. The van der Waals surface area contributed by atoms with Gasteiger partial charge in [0.05, 0.1) is 30.5 Å². The SMILES string of the molecule is CCSOC(=O)CC(C(=O)OSCC)S(=O)(=O)O.[H-].[Na+]. The Balaban J connectivity index is -0.00000144. The van der Waals surface area contributed by atoms with Gasteiger partial charge in [0.2, 0.25) is 0 Å². The van der Waals surface area contributed by atoms with Crippen LogP contribution in [0, 0.1) is 0 Å². The molecule has 0 aliphatic carbocycles. The third-order valence-corrected chi connectivity index (χ3v) is 3.64. The van der Waals surface area contributed by atoms with E-state index in [9.17, 15) is 18.0 Å². The van der Waals surface area contributed by atoms with Crippen LogP contribution in [0.2, 0.25) is 0 Å². The Bertz CT molecular complexity index is 390.